The van der Waals surface area contributed by atoms with Crippen molar-refractivity contribution < 1.29 is 13.9 Å². The van der Waals surface area contributed by atoms with Crippen molar-refractivity contribution in [2.24, 2.45) is 0 Å². The molecule has 1 nitrogen and oxygen atoms in total. The van der Waals surface area contributed by atoms with Crippen LogP contribution in [0, 0.1) is 11.6 Å². The largest absolute Gasteiger partial charge is 0.388 e. The predicted octanol–water partition coefficient (Wildman–Crippen LogP) is 3.79. The third-order valence-electron chi connectivity index (χ3n) is 2.47. The Balaban J connectivity index is 1.99. The average molecular weight is 266 g/mol. The van der Waals surface area contributed by atoms with E-state index in [9.17, 15) is 13.9 Å². The highest BCUT2D eigenvalue weighted by Crippen LogP contribution is 2.27. The Morgan fingerprint density at radius 3 is 2.44 bits per heavy atom. The van der Waals surface area contributed by atoms with Crippen LogP contribution < -0.4 is 0 Å². The first-order valence-corrected chi connectivity index (χ1v) is 6.46. The van der Waals surface area contributed by atoms with Gasteiger partial charge < -0.3 is 5.11 Å². The fourth-order valence-electron chi connectivity index (χ4n) is 1.53. The predicted molar refractivity (Wildman–Crippen MR) is 68.5 cm³/mol. The van der Waals surface area contributed by atoms with Gasteiger partial charge in [0.1, 0.15) is 11.6 Å². The molecule has 2 aromatic rings. The van der Waals surface area contributed by atoms with Gasteiger partial charge in [0.2, 0.25) is 0 Å². The van der Waals surface area contributed by atoms with E-state index in [1.165, 1.54) is 23.9 Å². The first kappa shape index (κ1) is 13.1. The number of rotatable bonds is 4. The Hall–Kier alpha value is -1.39. The molecule has 18 heavy (non-hydrogen) atoms. The molecular weight excluding hydrogens is 254 g/mol. The number of hydrogen-bond acceptors (Lipinski definition) is 2. The van der Waals surface area contributed by atoms with Crippen LogP contribution in [-0.4, -0.2) is 10.9 Å². The molecule has 0 heterocycles. The fraction of sp³-hybridized carbons (Fsp3) is 0.143. The maximum Gasteiger partial charge on any atom is 0.139 e. The van der Waals surface area contributed by atoms with Crippen LogP contribution in [0.3, 0.4) is 0 Å². The minimum Gasteiger partial charge on any atom is -0.388 e. The third kappa shape index (κ3) is 3.31. The van der Waals surface area contributed by atoms with E-state index in [-0.39, 0.29) is 0 Å². The zero-order valence-electron chi connectivity index (χ0n) is 9.51. The summed E-state index contributed by atoms with van der Waals surface area (Å²) in [5.74, 6) is -0.868. The fourth-order valence-corrected chi connectivity index (χ4v) is 2.42. The van der Waals surface area contributed by atoms with Crippen LogP contribution in [0.1, 0.15) is 11.7 Å². The van der Waals surface area contributed by atoms with E-state index in [0.29, 0.717) is 10.6 Å². The van der Waals surface area contributed by atoms with Crippen LogP contribution in [0.2, 0.25) is 0 Å². The number of hydrogen-bond donors (Lipinski definition) is 1. The summed E-state index contributed by atoms with van der Waals surface area (Å²) in [6.45, 7) is 0. The van der Waals surface area contributed by atoms with Gasteiger partial charge in [0.15, 0.2) is 0 Å². The molecule has 1 N–H and O–H groups in total. The second-order valence-corrected chi connectivity index (χ2v) is 4.87. The molecule has 1 unspecified atom stereocenters. The Labute approximate surface area is 108 Å². The molecule has 0 fully saturated rings. The monoisotopic (exact) mass is 266 g/mol. The van der Waals surface area contributed by atoms with Crippen LogP contribution in [0.4, 0.5) is 8.78 Å². The first-order valence-electron chi connectivity index (χ1n) is 5.47. The number of halogens is 2. The lowest BCUT2D eigenvalue weighted by Gasteiger charge is -2.10. The quantitative estimate of drug-likeness (QED) is 0.850. The number of benzene rings is 2. The number of thioether (sulfide) groups is 1. The molecule has 0 aliphatic rings. The second kappa shape index (κ2) is 5.98. The van der Waals surface area contributed by atoms with Crippen molar-refractivity contribution in [1.82, 2.24) is 0 Å². The zero-order chi connectivity index (χ0) is 13.0. The zero-order valence-corrected chi connectivity index (χ0v) is 10.3. The summed E-state index contributed by atoms with van der Waals surface area (Å²) in [7, 11) is 0. The van der Waals surface area contributed by atoms with Gasteiger partial charge in [0.25, 0.3) is 0 Å². The standard InChI is InChI=1S/C14H12F2OS/c15-11-6-7-14(12(16)8-11)18-9-13(17)10-4-2-1-3-5-10/h1-8,13,17H,9H2. The molecule has 0 aliphatic carbocycles. The topological polar surface area (TPSA) is 20.2 Å². The lowest BCUT2D eigenvalue weighted by Crippen LogP contribution is -2.00. The molecule has 2 aromatic carbocycles. The van der Waals surface area contributed by atoms with Crippen LogP contribution in [0.5, 0.6) is 0 Å². The summed E-state index contributed by atoms with van der Waals surface area (Å²) in [4.78, 5) is 0.339. The van der Waals surface area contributed by atoms with Gasteiger partial charge in [-0.2, -0.15) is 0 Å². The van der Waals surface area contributed by atoms with Gasteiger partial charge in [0, 0.05) is 16.7 Å². The summed E-state index contributed by atoms with van der Waals surface area (Å²) in [5.41, 5.74) is 0.785. The molecule has 0 saturated heterocycles. The molecule has 4 heteroatoms. The van der Waals surface area contributed by atoms with E-state index in [2.05, 4.69) is 0 Å². The van der Waals surface area contributed by atoms with Crippen molar-refractivity contribution in [3.63, 3.8) is 0 Å². The molecular formula is C14H12F2OS. The van der Waals surface area contributed by atoms with Gasteiger partial charge in [-0.1, -0.05) is 30.3 Å². The summed E-state index contributed by atoms with van der Waals surface area (Å²) >= 11 is 1.17. The molecule has 2 rings (SSSR count). The molecule has 0 aromatic heterocycles. The van der Waals surface area contributed by atoms with Crippen molar-refractivity contribution in [2.75, 3.05) is 5.75 Å². The Bertz CT molecular complexity index is 516. The number of aliphatic hydroxyl groups excluding tert-OH is 1. The van der Waals surface area contributed by atoms with Crippen molar-refractivity contribution in [3.05, 3.63) is 65.7 Å². The van der Waals surface area contributed by atoms with E-state index in [4.69, 9.17) is 0 Å². The van der Waals surface area contributed by atoms with Gasteiger partial charge in [-0.3, -0.25) is 0 Å². The highest BCUT2D eigenvalue weighted by Gasteiger charge is 2.10. The molecule has 0 bridgehead atoms. The smallest absolute Gasteiger partial charge is 0.139 e. The van der Waals surface area contributed by atoms with Crippen molar-refractivity contribution in [3.8, 4) is 0 Å². The van der Waals surface area contributed by atoms with E-state index in [1.807, 2.05) is 30.3 Å². The summed E-state index contributed by atoms with van der Waals surface area (Å²) in [6, 6.07) is 12.6. The highest BCUT2D eigenvalue weighted by atomic mass is 32.2. The molecule has 0 radical (unpaired) electrons. The van der Waals surface area contributed by atoms with Crippen molar-refractivity contribution in [1.29, 1.82) is 0 Å². The Kier molecular flexibility index (Phi) is 4.33. The lowest BCUT2D eigenvalue weighted by atomic mass is 10.1. The summed E-state index contributed by atoms with van der Waals surface area (Å²) < 4.78 is 26.1. The average Bonchev–Trinajstić information content (AvgIpc) is 2.38. The van der Waals surface area contributed by atoms with Crippen LogP contribution in [0.25, 0.3) is 0 Å². The molecule has 0 spiro atoms. The van der Waals surface area contributed by atoms with E-state index < -0.39 is 17.7 Å². The Morgan fingerprint density at radius 1 is 1.06 bits per heavy atom. The number of aliphatic hydroxyl groups is 1. The molecule has 1 atom stereocenters. The summed E-state index contributed by atoms with van der Waals surface area (Å²) in [6.07, 6.45) is -0.666. The van der Waals surface area contributed by atoms with E-state index in [0.717, 1.165) is 11.6 Å². The van der Waals surface area contributed by atoms with Gasteiger partial charge in [0.05, 0.1) is 6.10 Å². The summed E-state index contributed by atoms with van der Waals surface area (Å²) in [5, 5.41) is 9.91. The minimum absolute atomic E-state index is 0.326. The lowest BCUT2D eigenvalue weighted by molar-refractivity contribution is 0.204. The van der Waals surface area contributed by atoms with Crippen LogP contribution in [-0.2, 0) is 0 Å². The van der Waals surface area contributed by atoms with E-state index in [1.54, 1.807) is 0 Å². The maximum atomic E-state index is 13.4. The molecule has 0 aliphatic heterocycles. The van der Waals surface area contributed by atoms with Gasteiger partial charge in [-0.05, 0) is 17.7 Å². The normalized spacial score (nSPS) is 12.4. The maximum absolute atomic E-state index is 13.4. The molecule has 0 saturated carbocycles. The molecule has 0 amide bonds. The molecule has 94 valence electrons. The van der Waals surface area contributed by atoms with Crippen LogP contribution >= 0.6 is 11.8 Å². The van der Waals surface area contributed by atoms with Gasteiger partial charge in [-0.15, -0.1) is 11.8 Å². The van der Waals surface area contributed by atoms with Gasteiger partial charge in [-0.25, -0.2) is 8.78 Å². The minimum atomic E-state index is -0.666. The Morgan fingerprint density at radius 2 is 1.78 bits per heavy atom. The van der Waals surface area contributed by atoms with Gasteiger partial charge >= 0.3 is 0 Å². The van der Waals surface area contributed by atoms with Crippen LogP contribution in [0.15, 0.2) is 53.4 Å². The van der Waals surface area contributed by atoms with Crippen molar-refractivity contribution in [2.45, 2.75) is 11.0 Å². The second-order valence-electron chi connectivity index (χ2n) is 3.81. The highest BCUT2D eigenvalue weighted by molar-refractivity contribution is 7.99. The van der Waals surface area contributed by atoms with Crippen molar-refractivity contribution >= 4 is 11.8 Å². The van der Waals surface area contributed by atoms with E-state index >= 15 is 0 Å². The SMILES string of the molecule is OC(CSc1ccc(F)cc1F)c1ccccc1. The first-order chi connectivity index (χ1) is 8.66. The third-order valence-corrected chi connectivity index (χ3v) is 3.60.